The number of benzene rings is 3. The van der Waals surface area contributed by atoms with E-state index < -0.39 is 7.92 Å². The van der Waals surface area contributed by atoms with E-state index in [9.17, 15) is 0 Å². The molecule has 4 heteroatoms. The molecule has 0 N–H and O–H groups in total. The Balaban J connectivity index is 1.76. The average Bonchev–Trinajstić information content (AvgIpc) is 3.40. The van der Waals surface area contributed by atoms with E-state index >= 15 is 0 Å². The van der Waals surface area contributed by atoms with Gasteiger partial charge >= 0.3 is 0 Å². The molecule has 30 heavy (non-hydrogen) atoms. The minimum atomic E-state index is -0.702. The minimum absolute atomic E-state index is 0.228. The van der Waals surface area contributed by atoms with Crippen LogP contribution < -0.4 is 15.2 Å². The predicted molar refractivity (Wildman–Crippen MR) is 132 cm³/mol. The van der Waals surface area contributed by atoms with E-state index in [0.29, 0.717) is 12.5 Å². The summed E-state index contributed by atoms with van der Waals surface area (Å²) in [6.07, 6.45) is 0. The molecule has 1 unspecified atom stereocenters. The van der Waals surface area contributed by atoms with Gasteiger partial charge in [-0.2, -0.15) is 0 Å². The monoisotopic (exact) mass is 429 g/mol. The van der Waals surface area contributed by atoms with E-state index in [4.69, 9.17) is 9.73 Å². The van der Waals surface area contributed by atoms with Gasteiger partial charge in [0.1, 0.15) is 6.61 Å². The summed E-state index contributed by atoms with van der Waals surface area (Å²) in [5, 5.41) is 3.95. The Labute approximate surface area is 183 Å². The Hall–Kier alpha value is -2.48. The van der Waals surface area contributed by atoms with Gasteiger partial charge in [-0.25, -0.2) is 4.99 Å². The van der Waals surface area contributed by atoms with Crippen molar-refractivity contribution in [1.29, 1.82) is 0 Å². The van der Waals surface area contributed by atoms with Crippen molar-refractivity contribution in [1.82, 2.24) is 0 Å². The van der Waals surface area contributed by atoms with Gasteiger partial charge in [0.2, 0.25) is 5.90 Å². The molecule has 0 aliphatic carbocycles. The van der Waals surface area contributed by atoms with Crippen LogP contribution in [0.15, 0.2) is 89.9 Å². The summed E-state index contributed by atoms with van der Waals surface area (Å²) in [6.45, 7) is 5.10. The van der Waals surface area contributed by atoms with Crippen LogP contribution in [0.5, 0.6) is 0 Å². The Morgan fingerprint density at radius 1 is 0.867 bits per heavy atom. The van der Waals surface area contributed by atoms with Gasteiger partial charge < -0.3 is 4.74 Å². The molecule has 1 aliphatic rings. The van der Waals surface area contributed by atoms with Gasteiger partial charge in [-0.15, -0.1) is 11.3 Å². The molecule has 2 heterocycles. The molecule has 5 rings (SSSR count). The first kappa shape index (κ1) is 19.5. The molecule has 0 saturated heterocycles. The van der Waals surface area contributed by atoms with Gasteiger partial charge in [-0.1, -0.05) is 92.7 Å². The molecule has 2 nitrogen and oxygen atoms in total. The van der Waals surface area contributed by atoms with Crippen LogP contribution in [0.25, 0.3) is 10.1 Å². The normalized spacial score (nSPS) is 16.3. The highest BCUT2D eigenvalue weighted by Gasteiger charge is 2.31. The van der Waals surface area contributed by atoms with Gasteiger partial charge in [0.15, 0.2) is 0 Å². The van der Waals surface area contributed by atoms with Gasteiger partial charge in [-0.05, 0) is 30.5 Å². The Kier molecular flexibility index (Phi) is 5.41. The van der Waals surface area contributed by atoms with Crippen molar-refractivity contribution in [3.05, 3.63) is 90.5 Å². The lowest BCUT2D eigenvalue weighted by atomic mass is 10.1. The van der Waals surface area contributed by atoms with Crippen LogP contribution in [0, 0.1) is 5.92 Å². The number of ether oxygens (including phenoxy) is 1. The molecular weight excluding hydrogens is 405 g/mol. The van der Waals surface area contributed by atoms with Crippen LogP contribution in [0.3, 0.4) is 0 Å². The van der Waals surface area contributed by atoms with Crippen LogP contribution in [-0.2, 0) is 4.74 Å². The van der Waals surface area contributed by atoms with E-state index in [-0.39, 0.29) is 6.04 Å². The molecular formula is C26H24NOPS. The van der Waals surface area contributed by atoms with E-state index in [1.165, 1.54) is 30.9 Å². The van der Waals surface area contributed by atoms with Crippen molar-refractivity contribution in [3.63, 3.8) is 0 Å². The fourth-order valence-electron chi connectivity index (χ4n) is 3.80. The summed E-state index contributed by atoms with van der Waals surface area (Å²) < 4.78 is 8.87. The smallest absolute Gasteiger partial charge is 0.218 e. The van der Waals surface area contributed by atoms with Crippen LogP contribution in [-0.4, -0.2) is 18.5 Å². The highest BCUT2D eigenvalue weighted by atomic mass is 32.1. The Morgan fingerprint density at radius 2 is 1.47 bits per heavy atom. The van der Waals surface area contributed by atoms with Crippen molar-refractivity contribution in [2.75, 3.05) is 6.61 Å². The van der Waals surface area contributed by atoms with Crippen molar-refractivity contribution in [2.45, 2.75) is 19.9 Å². The molecule has 3 aromatic carbocycles. The molecule has 0 radical (unpaired) electrons. The largest absolute Gasteiger partial charge is 0.475 e. The third-order valence-corrected chi connectivity index (χ3v) is 9.52. The first-order valence-electron chi connectivity index (χ1n) is 10.3. The summed E-state index contributed by atoms with van der Waals surface area (Å²) in [4.78, 5) is 5.02. The Morgan fingerprint density at radius 3 is 2.07 bits per heavy atom. The number of fused-ring (bicyclic) bond motifs is 1. The van der Waals surface area contributed by atoms with Gasteiger partial charge in [0, 0.05) is 10.1 Å². The van der Waals surface area contributed by atoms with E-state index in [1.807, 2.05) is 11.3 Å². The van der Waals surface area contributed by atoms with Crippen LogP contribution in [0.1, 0.15) is 19.4 Å². The SMILES string of the molecule is CC(C)C1COC(c2c(P(c3ccccc3)c3ccccc3)sc3ccccc23)=N1. The lowest BCUT2D eigenvalue weighted by Gasteiger charge is -2.19. The number of hydrogen-bond acceptors (Lipinski definition) is 3. The fraction of sp³-hybridized carbons (Fsp3) is 0.192. The molecule has 4 aromatic rings. The Bertz CT molecular complexity index is 1140. The summed E-state index contributed by atoms with van der Waals surface area (Å²) in [6, 6.07) is 30.6. The van der Waals surface area contributed by atoms with Crippen LogP contribution >= 0.6 is 19.3 Å². The molecule has 1 atom stereocenters. The predicted octanol–water partition coefficient (Wildman–Crippen LogP) is 5.46. The second-order valence-electron chi connectivity index (χ2n) is 7.84. The molecule has 0 fully saturated rings. The van der Waals surface area contributed by atoms with Crippen molar-refractivity contribution in [2.24, 2.45) is 10.9 Å². The first-order chi connectivity index (χ1) is 14.7. The molecule has 1 aliphatic heterocycles. The average molecular weight is 430 g/mol. The third-order valence-electron chi connectivity index (χ3n) is 5.47. The summed E-state index contributed by atoms with van der Waals surface area (Å²) >= 11 is 1.89. The highest BCUT2D eigenvalue weighted by molar-refractivity contribution is 7.84. The van der Waals surface area contributed by atoms with Gasteiger partial charge in [0.25, 0.3) is 0 Å². The lowest BCUT2D eigenvalue weighted by molar-refractivity contribution is 0.292. The molecule has 0 bridgehead atoms. The van der Waals surface area contributed by atoms with Gasteiger partial charge in [-0.3, -0.25) is 0 Å². The zero-order valence-electron chi connectivity index (χ0n) is 17.2. The van der Waals surface area contributed by atoms with Crippen molar-refractivity contribution < 1.29 is 4.74 Å². The topological polar surface area (TPSA) is 21.6 Å². The minimum Gasteiger partial charge on any atom is -0.475 e. The second-order valence-corrected chi connectivity index (χ2v) is 11.3. The summed E-state index contributed by atoms with van der Waals surface area (Å²) in [7, 11) is -0.702. The van der Waals surface area contributed by atoms with Crippen molar-refractivity contribution in [3.8, 4) is 0 Å². The van der Waals surface area contributed by atoms with Crippen molar-refractivity contribution >= 4 is 50.5 Å². The maximum Gasteiger partial charge on any atom is 0.218 e. The summed E-state index contributed by atoms with van der Waals surface area (Å²) in [5.74, 6) is 1.29. The molecule has 0 saturated carbocycles. The number of hydrogen-bond donors (Lipinski definition) is 0. The number of rotatable bonds is 5. The molecule has 0 amide bonds. The number of nitrogens with zero attached hydrogens (tertiary/aromatic N) is 1. The third kappa shape index (κ3) is 3.57. The number of aliphatic imine (C=N–C) groups is 1. The maximum atomic E-state index is 6.21. The maximum absolute atomic E-state index is 6.21. The molecule has 150 valence electrons. The highest BCUT2D eigenvalue weighted by Crippen LogP contribution is 2.41. The number of thiophene rings is 1. The molecule has 1 aromatic heterocycles. The van der Waals surface area contributed by atoms with Gasteiger partial charge in [0.05, 0.1) is 16.2 Å². The summed E-state index contributed by atoms with van der Waals surface area (Å²) in [5.41, 5.74) is 1.19. The van der Waals surface area contributed by atoms with E-state index in [0.717, 1.165) is 5.90 Å². The lowest BCUT2D eigenvalue weighted by Crippen LogP contribution is -2.23. The quantitative estimate of drug-likeness (QED) is 0.386. The first-order valence-corrected chi connectivity index (χ1v) is 12.5. The van der Waals surface area contributed by atoms with Crippen LogP contribution in [0.4, 0.5) is 0 Å². The fourth-order valence-corrected chi connectivity index (χ4v) is 8.18. The van der Waals surface area contributed by atoms with E-state index in [2.05, 4.69) is 98.8 Å². The van der Waals surface area contributed by atoms with Crippen LogP contribution in [0.2, 0.25) is 0 Å². The zero-order chi connectivity index (χ0) is 20.5. The van der Waals surface area contributed by atoms with E-state index in [1.54, 1.807) is 0 Å². The zero-order valence-corrected chi connectivity index (χ0v) is 18.9. The standard InChI is InChI=1S/C26H24NOPS/c1-18(2)22-17-28-25(27-22)24-21-15-9-10-16-23(21)30-26(24)29(19-11-5-3-6-12-19)20-13-7-4-8-14-20/h3-16,18,22H,17H2,1-2H3. The molecule has 0 spiro atoms. The second kappa shape index (κ2) is 8.34.